The average Bonchev–Trinajstić information content (AvgIpc) is 2.38. The largest absolute Gasteiger partial charge is 0.506 e. The number of aromatic nitrogens is 1. The topological polar surface area (TPSA) is 45.1 Å². The van der Waals surface area contributed by atoms with Crippen molar-refractivity contribution in [2.24, 2.45) is 0 Å². The van der Waals surface area contributed by atoms with Gasteiger partial charge in [0.05, 0.1) is 18.4 Å². The SMILES string of the molecule is Oc1ccc(CNc2c(F)c(F)cc(F)c2F)nc1. The normalized spacial score (nSPS) is 10.5. The van der Waals surface area contributed by atoms with Crippen LogP contribution in [0, 0.1) is 23.3 Å². The van der Waals surface area contributed by atoms with Crippen LogP contribution in [0.3, 0.4) is 0 Å². The van der Waals surface area contributed by atoms with Crippen LogP contribution in [-0.2, 0) is 6.54 Å². The maximum Gasteiger partial charge on any atom is 0.185 e. The summed E-state index contributed by atoms with van der Waals surface area (Å²) in [5.41, 5.74) is -0.561. The van der Waals surface area contributed by atoms with Gasteiger partial charge >= 0.3 is 0 Å². The van der Waals surface area contributed by atoms with Crippen LogP contribution in [0.4, 0.5) is 23.2 Å². The highest BCUT2D eigenvalue weighted by atomic mass is 19.2. The maximum absolute atomic E-state index is 13.3. The molecule has 0 atom stereocenters. The molecule has 2 aromatic rings. The lowest BCUT2D eigenvalue weighted by atomic mass is 10.2. The van der Waals surface area contributed by atoms with Crippen LogP contribution in [0.1, 0.15) is 5.69 Å². The second-order valence-corrected chi connectivity index (χ2v) is 3.70. The summed E-state index contributed by atoms with van der Waals surface area (Å²) < 4.78 is 52.5. The Labute approximate surface area is 105 Å². The number of hydrogen-bond acceptors (Lipinski definition) is 3. The van der Waals surface area contributed by atoms with E-state index in [1.165, 1.54) is 12.1 Å². The van der Waals surface area contributed by atoms with Crippen LogP contribution in [-0.4, -0.2) is 10.1 Å². The number of rotatable bonds is 3. The van der Waals surface area contributed by atoms with Crippen LogP contribution >= 0.6 is 0 Å². The van der Waals surface area contributed by atoms with E-state index >= 15 is 0 Å². The zero-order chi connectivity index (χ0) is 14.0. The van der Waals surface area contributed by atoms with Crippen LogP contribution in [0.15, 0.2) is 24.4 Å². The molecule has 0 saturated heterocycles. The maximum atomic E-state index is 13.3. The van der Waals surface area contributed by atoms with E-state index in [0.717, 1.165) is 6.20 Å². The van der Waals surface area contributed by atoms with Gasteiger partial charge < -0.3 is 10.4 Å². The summed E-state index contributed by atoms with van der Waals surface area (Å²) in [6.45, 7) is -0.156. The predicted molar refractivity (Wildman–Crippen MR) is 59.5 cm³/mol. The number of nitrogens with one attached hydrogen (secondary N) is 1. The summed E-state index contributed by atoms with van der Waals surface area (Å²) in [5, 5.41) is 11.2. The average molecular weight is 272 g/mol. The zero-order valence-corrected chi connectivity index (χ0v) is 9.42. The first-order valence-corrected chi connectivity index (χ1v) is 5.20. The molecule has 0 aliphatic heterocycles. The van der Waals surface area contributed by atoms with Gasteiger partial charge in [-0.05, 0) is 12.1 Å². The smallest absolute Gasteiger partial charge is 0.185 e. The van der Waals surface area contributed by atoms with Crippen molar-refractivity contribution >= 4 is 5.69 Å². The van der Waals surface area contributed by atoms with E-state index in [0.29, 0.717) is 5.69 Å². The third-order valence-corrected chi connectivity index (χ3v) is 2.37. The number of benzene rings is 1. The monoisotopic (exact) mass is 272 g/mol. The molecule has 2 rings (SSSR count). The highest BCUT2D eigenvalue weighted by Gasteiger charge is 2.18. The van der Waals surface area contributed by atoms with Crippen molar-refractivity contribution in [3.05, 3.63) is 53.4 Å². The first kappa shape index (κ1) is 13.1. The number of hydrogen-bond donors (Lipinski definition) is 2. The lowest BCUT2D eigenvalue weighted by Crippen LogP contribution is -2.08. The van der Waals surface area contributed by atoms with Gasteiger partial charge in [0.1, 0.15) is 11.4 Å². The summed E-state index contributed by atoms with van der Waals surface area (Å²) in [4.78, 5) is 3.75. The Morgan fingerprint density at radius 3 is 2.21 bits per heavy atom. The Balaban J connectivity index is 2.22. The van der Waals surface area contributed by atoms with Crippen LogP contribution < -0.4 is 5.32 Å². The van der Waals surface area contributed by atoms with Gasteiger partial charge in [0.15, 0.2) is 23.3 Å². The fourth-order valence-corrected chi connectivity index (χ4v) is 1.43. The molecule has 19 heavy (non-hydrogen) atoms. The summed E-state index contributed by atoms with van der Waals surface area (Å²) in [6.07, 6.45) is 1.13. The number of anilines is 1. The quantitative estimate of drug-likeness (QED) is 0.667. The molecule has 0 fully saturated rings. The standard InChI is InChI=1S/C12H8F4N2O/c13-8-3-9(14)11(16)12(10(8)15)18-4-6-1-2-7(19)5-17-6/h1-3,5,18-19H,4H2. The number of nitrogens with zero attached hydrogens (tertiary/aromatic N) is 1. The second kappa shape index (κ2) is 5.13. The summed E-state index contributed by atoms with van der Waals surface area (Å²) in [7, 11) is 0. The van der Waals surface area contributed by atoms with Crippen LogP contribution in [0.5, 0.6) is 5.75 Å². The molecule has 1 heterocycles. The summed E-state index contributed by atoms with van der Waals surface area (Å²) in [6, 6.07) is 2.85. The Kier molecular flexibility index (Phi) is 3.55. The molecule has 0 aliphatic carbocycles. The van der Waals surface area contributed by atoms with E-state index < -0.39 is 29.0 Å². The molecule has 0 amide bonds. The fourth-order valence-electron chi connectivity index (χ4n) is 1.43. The van der Waals surface area contributed by atoms with Gasteiger partial charge in [-0.2, -0.15) is 0 Å². The molecule has 1 aromatic heterocycles. The molecule has 0 saturated carbocycles. The molecule has 0 spiro atoms. The lowest BCUT2D eigenvalue weighted by Gasteiger charge is -2.09. The Bertz CT molecular complexity index is 575. The highest BCUT2D eigenvalue weighted by molar-refractivity contribution is 5.47. The van der Waals surface area contributed by atoms with Crippen molar-refractivity contribution in [3.63, 3.8) is 0 Å². The Morgan fingerprint density at radius 1 is 1.05 bits per heavy atom. The van der Waals surface area contributed by atoms with E-state index in [2.05, 4.69) is 10.3 Å². The first-order valence-electron chi connectivity index (χ1n) is 5.20. The van der Waals surface area contributed by atoms with E-state index in [9.17, 15) is 17.6 Å². The van der Waals surface area contributed by atoms with Gasteiger partial charge in [-0.1, -0.05) is 0 Å². The van der Waals surface area contributed by atoms with E-state index in [4.69, 9.17) is 5.11 Å². The van der Waals surface area contributed by atoms with E-state index in [1.54, 1.807) is 0 Å². The second-order valence-electron chi connectivity index (χ2n) is 3.70. The van der Waals surface area contributed by atoms with Gasteiger partial charge in [-0.15, -0.1) is 0 Å². The molecule has 100 valence electrons. The van der Waals surface area contributed by atoms with Gasteiger partial charge in [0.25, 0.3) is 0 Å². The molecular weight excluding hydrogens is 264 g/mol. The molecule has 0 unspecified atom stereocenters. The zero-order valence-electron chi connectivity index (χ0n) is 9.42. The number of halogens is 4. The third-order valence-electron chi connectivity index (χ3n) is 2.37. The third kappa shape index (κ3) is 2.75. The van der Waals surface area contributed by atoms with Crippen molar-refractivity contribution in [1.29, 1.82) is 0 Å². The summed E-state index contributed by atoms with van der Waals surface area (Å²) in [5.74, 6) is -6.05. The van der Waals surface area contributed by atoms with Gasteiger partial charge in [0.2, 0.25) is 0 Å². The predicted octanol–water partition coefficient (Wildman–Crippen LogP) is 2.96. The van der Waals surface area contributed by atoms with Crippen LogP contribution in [0.25, 0.3) is 0 Å². The molecule has 0 aliphatic rings. The molecule has 1 aromatic carbocycles. The minimum absolute atomic E-state index is 0.0714. The van der Waals surface area contributed by atoms with Gasteiger partial charge in [-0.3, -0.25) is 4.98 Å². The Morgan fingerprint density at radius 2 is 1.68 bits per heavy atom. The minimum atomic E-state index is -1.50. The van der Waals surface area contributed by atoms with E-state index in [-0.39, 0.29) is 18.4 Å². The van der Waals surface area contributed by atoms with Crippen molar-refractivity contribution in [2.45, 2.75) is 6.54 Å². The van der Waals surface area contributed by atoms with Crippen LogP contribution in [0.2, 0.25) is 0 Å². The molecule has 3 nitrogen and oxygen atoms in total. The Hall–Kier alpha value is -2.31. The minimum Gasteiger partial charge on any atom is -0.506 e. The number of pyridine rings is 1. The highest BCUT2D eigenvalue weighted by Crippen LogP contribution is 2.24. The van der Waals surface area contributed by atoms with Gasteiger partial charge in [-0.25, -0.2) is 17.6 Å². The lowest BCUT2D eigenvalue weighted by molar-refractivity contribution is 0.458. The molecule has 2 N–H and O–H groups in total. The molecule has 0 bridgehead atoms. The molecule has 7 heteroatoms. The van der Waals surface area contributed by atoms with Crippen molar-refractivity contribution in [3.8, 4) is 5.75 Å². The molecular formula is C12H8F4N2O. The molecule has 0 radical (unpaired) electrons. The van der Waals surface area contributed by atoms with Gasteiger partial charge in [0, 0.05) is 6.07 Å². The van der Waals surface area contributed by atoms with E-state index in [1.807, 2.05) is 0 Å². The number of aromatic hydroxyl groups is 1. The fraction of sp³-hybridized carbons (Fsp3) is 0.0833. The van der Waals surface area contributed by atoms with Crippen molar-refractivity contribution in [1.82, 2.24) is 4.98 Å². The first-order chi connectivity index (χ1) is 8.99. The summed E-state index contributed by atoms with van der Waals surface area (Å²) >= 11 is 0. The van der Waals surface area contributed by atoms with Crippen molar-refractivity contribution in [2.75, 3.05) is 5.32 Å². The van der Waals surface area contributed by atoms with Crippen molar-refractivity contribution < 1.29 is 22.7 Å².